The summed E-state index contributed by atoms with van der Waals surface area (Å²) in [5.41, 5.74) is 2.10. The SMILES string of the molecule is CN1CC(Nc2ncc(Cl)c(-c3c[nH]c4ccccc34)n2)C[C@H](N(C(=O)O)C(C)(C)C)C1. The van der Waals surface area contributed by atoms with Crippen LogP contribution in [0.2, 0.25) is 5.02 Å². The highest BCUT2D eigenvalue weighted by Crippen LogP contribution is 2.32. The molecule has 1 aromatic carbocycles. The Bertz CT molecular complexity index is 1130. The van der Waals surface area contributed by atoms with Crippen LogP contribution in [0.3, 0.4) is 0 Å². The Morgan fingerprint density at radius 2 is 2.06 bits per heavy atom. The summed E-state index contributed by atoms with van der Waals surface area (Å²) in [6.45, 7) is 7.22. The molecule has 8 nitrogen and oxygen atoms in total. The minimum Gasteiger partial charge on any atom is -0.465 e. The summed E-state index contributed by atoms with van der Waals surface area (Å²) in [7, 11) is 2.00. The van der Waals surface area contributed by atoms with Gasteiger partial charge in [-0.1, -0.05) is 29.8 Å². The Kier molecular flexibility index (Phi) is 6.01. The third-order valence-electron chi connectivity index (χ3n) is 5.83. The van der Waals surface area contributed by atoms with Crippen molar-refractivity contribution in [1.29, 1.82) is 0 Å². The maximum absolute atomic E-state index is 12.0. The summed E-state index contributed by atoms with van der Waals surface area (Å²) in [6, 6.07) is 7.86. The molecule has 2 aromatic heterocycles. The highest BCUT2D eigenvalue weighted by atomic mass is 35.5. The lowest BCUT2D eigenvalue weighted by atomic mass is 9.95. The average Bonchev–Trinajstić information content (AvgIpc) is 3.11. The number of piperidine rings is 1. The molecule has 0 bridgehead atoms. The molecule has 0 spiro atoms. The fraction of sp³-hybridized carbons (Fsp3) is 0.435. The number of likely N-dealkylation sites (tertiary alicyclic amines) is 1. The van der Waals surface area contributed by atoms with E-state index in [0.29, 0.717) is 29.6 Å². The minimum absolute atomic E-state index is 0.0000515. The largest absolute Gasteiger partial charge is 0.465 e. The molecular weight excluding hydrogens is 428 g/mol. The molecule has 0 radical (unpaired) electrons. The van der Waals surface area contributed by atoms with Crippen LogP contribution in [0.25, 0.3) is 22.2 Å². The molecule has 4 rings (SSSR count). The molecule has 32 heavy (non-hydrogen) atoms. The van der Waals surface area contributed by atoms with Crippen LogP contribution in [0.4, 0.5) is 10.7 Å². The second kappa shape index (κ2) is 8.60. The van der Waals surface area contributed by atoms with Crippen molar-refractivity contribution in [3.8, 4) is 11.3 Å². The topological polar surface area (TPSA) is 97.4 Å². The van der Waals surface area contributed by atoms with Gasteiger partial charge in [0, 0.05) is 47.3 Å². The third kappa shape index (κ3) is 4.52. The molecule has 1 aliphatic heterocycles. The molecule has 1 saturated heterocycles. The second-order valence-electron chi connectivity index (χ2n) is 9.41. The van der Waals surface area contributed by atoms with E-state index in [0.717, 1.165) is 23.0 Å². The van der Waals surface area contributed by atoms with Crippen molar-refractivity contribution in [2.24, 2.45) is 0 Å². The van der Waals surface area contributed by atoms with Crippen LogP contribution in [0.15, 0.2) is 36.7 Å². The summed E-state index contributed by atoms with van der Waals surface area (Å²) in [5.74, 6) is 0.478. The predicted molar refractivity (Wildman–Crippen MR) is 127 cm³/mol. The number of anilines is 1. The van der Waals surface area contributed by atoms with Gasteiger partial charge in [0.1, 0.15) is 0 Å². The van der Waals surface area contributed by atoms with Crippen LogP contribution >= 0.6 is 11.6 Å². The van der Waals surface area contributed by atoms with Crippen LogP contribution in [-0.4, -0.2) is 73.7 Å². The van der Waals surface area contributed by atoms with E-state index in [4.69, 9.17) is 16.6 Å². The van der Waals surface area contributed by atoms with Crippen molar-refractivity contribution in [1.82, 2.24) is 24.8 Å². The predicted octanol–water partition coefficient (Wildman–Crippen LogP) is 4.54. The number of carbonyl (C=O) groups is 1. The van der Waals surface area contributed by atoms with Crippen molar-refractivity contribution in [2.75, 3.05) is 25.5 Å². The van der Waals surface area contributed by atoms with Crippen LogP contribution < -0.4 is 5.32 Å². The average molecular weight is 457 g/mol. The number of halogens is 1. The Hall–Kier alpha value is -2.84. The van der Waals surface area contributed by atoms with Gasteiger partial charge in [0.25, 0.3) is 0 Å². The smallest absolute Gasteiger partial charge is 0.408 e. The number of aromatic nitrogens is 3. The summed E-state index contributed by atoms with van der Waals surface area (Å²) < 4.78 is 0. The zero-order valence-corrected chi connectivity index (χ0v) is 19.5. The van der Waals surface area contributed by atoms with E-state index >= 15 is 0 Å². The first-order valence-electron chi connectivity index (χ1n) is 10.7. The Balaban J connectivity index is 1.59. The maximum atomic E-state index is 12.0. The Morgan fingerprint density at radius 1 is 1.31 bits per heavy atom. The standard InChI is InChI=1S/C23H29ClN6O2/c1-23(2,3)30(22(31)32)15-9-14(12-29(4)13-15)27-21-26-11-18(24)20(28-21)17-10-25-19-8-6-5-7-16(17)19/h5-8,10-11,14-15,25H,9,12-13H2,1-4H3,(H,31,32)(H,26,27,28)/t14?,15-/m0/s1. The summed E-state index contributed by atoms with van der Waals surface area (Å²) >= 11 is 6.46. The lowest BCUT2D eigenvalue weighted by molar-refractivity contribution is 0.0393. The number of fused-ring (bicyclic) bond motifs is 1. The lowest BCUT2D eigenvalue weighted by Gasteiger charge is -2.45. The van der Waals surface area contributed by atoms with Gasteiger partial charge in [-0.2, -0.15) is 0 Å². The molecule has 1 amide bonds. The van der Waals surface area contributed by atoms with Crippen LogP contribution in [0, 0.1) is 0 Å². The molecule has 3 N–H and O–H groups in total. The van der Waals surface area contributed by atoms with Gasteiger partial charge in [0.15, 0.2) is 0 Å². The second-order valence-corrected chi connectivity index (χ2v) is 9.82. The van der Waals surface area contributed by atoms with Crippen molar-refractivity contribution >= 4 is 34.5 Å². The van der Waals surface area contributed by atoms with Crippen molar-refractivity contribution in [3.05, 3.63) is 41.7 Å². The molecule has 3 aromatic rings. The number of nitrogens with zero attached hydrogens (tertiary/aromatic N) is 4. The molecule has 1 fully saturated rings. The number of amides is 1. The van der Waals surface area contributed by atoms with E-state index in [-0.39, 0.29) is 12.1 Å². The molecular formula is C23H29ClN6O2. The number of carboxylic acid groups (broad SMARTS) is 1. The van der Waals surface area contributed by atoms with Crippen LogP contribution in [-0.2, 0) is 0 Å². The summed E-state index contributed by atoms with van der Waals surface area (Å²) in [6.07, 6.45) is 3.28. The number of rotatable bonds is 4. The van der Waals surface area contributed by atoms with Crippen LogP contribution in [0.1, 0.15) is 27.2 Å². The van der Waals surface area contributed by atoms with Gasteiger partial charge in [0.05, 0.1) is 23.0 Å². The van der Waals surface area contributed by atoms with E-state index in [1.807, 2.05) is 58.3 Å². The van der Waals surface area contributed by atoms with Gasteiger partial charge in [-0.25, -0.2) is 14.8 Å². The fourth-order valence-corrected chi connectivity index (χ4v) is 4.84. The molecule has 0 saturated carbocycles. The van der Waals surface area contributed by atoms with Crippen molar-refractivity contribution in [3.63, 3.8) is 0 Å². The number of aromatic amines is 1. The first kappa shape index (κ1) is 22.4. The van der Waals surface area contributed by atoms with E-state index in [1.165, 1.54) is 0 Å². The number of likely N-dealkylation sites (N-methyl/N-ethyl adjacent to an activating group) is 1. The van der Waals surface area contributed by atoms with Gasteiger partial charge in [0.2, 0.25) is 5.95 Å². The summed E-state index contributed by atoms with van der Waals surface area (Å²) in [4.78, 5) is 28.0. The fourth-order valence-electron chi connectivity index (χ4n) is 4.65. The maximum Gasteiger partial charge on any atom is 0.408 e. The number of para-hydroxylation sites is 1. The monoisotopic (exact) mass is 456 g/mol. The lowest BCUT2D eigenvalue weighted by Crippen LogP contribution is -2.59. The molecule has 170 valence electrons. The Morgan fingerprint density at radius 3 is 2.78 bits per heavy atom. The zero-order valence-electron chi connectivity index (χ0n) is 18.8. The number of nitrogens with one attached hydrogen (secondary N) is 2. The van der Waals surface area contributed by atoms with Gasteiger partial charge in [-0.05, 0) is 40.3 Å². The van der Waals surface area contributed by atoms with E-state index in [1.54, 1.807) is 11.1 Å². The molecule has 0 aliphatic carbocycles. The number of benzene rings is 1. The number of hydrogen-bond acceptors (Lipinski definition) is 5. The molecule has 9 heteroatoms. The number of H-pyrrole nitrogens is 1. The normalized spacial score (nSPS) is 19.8. The van der Waals surface area contributed by atoms with Crippen molar-refractivity contribution < 1.29 is 9.90 Å². The van der Waals surface area contributed by atoms with Crippen molar-refractivity contribution in [2.45, 2.75) is 44.8 Å². The zero-order chi connectivity index (χ0) is 23.0. The van der Waals surface area contributed by atoms with Gasteiger partial charge >= 0.3 is 6.09 Å². The highest BCUT2D eigenvalue weighted by molar-refractivity contribution is 6.33. The quantitative estimate of drug-likeness (QED) is 0.533. The highest BCUT2D eigenvalue weighted by Gasteiger charge is 2.38. The number of hydrogen-bond donors (Lipinski definition) is 3. The molecule has 3 heterocycles. The van der Waals surface area contributed by atoms with E-state index in [9.17, 15) is 9.90 Å². The summed E-state index contributed by atoms with van der Waals surface area (Å²) in [5, 5.41) is 14.8. The van der Waals surface area contributed by atoms with Gasteiger partial charge in [-0.15, -0.1) is 0 Å². The Labute approximate surface area is 192 Å². The van der Waals surface area contributed by atoms with E-state index in [2.05, 4.69) is 20.2 Å². The molecule has 1 unspecified atom stereocenters. The third-order valence-corrected chi connectivity index (χ3v) is 6.10. The van der Waals surface area contributed by atoms with Crippen LogP contribution in [0.5, 0.6) is 0 Å². The molecule has 2 atom stereocenters. The van der Waals surface area contributed by atoms with E-state index < -0.39 is 11.6 Å². The van der Waals surface area contributed by atoms with Gasteiger partial charge < -0.3 is 20.3 Å². The first-order chi connectivity index (χ1) is 15.1. The van der Waals surface area contributed by atoms with Gasteiger partial charge in [-0.3, -0.25) is 4.90 Å². The molecule has 1 aliphatic rings. The first-order valence-corrected chi connectivity index (χ1v) is 11.1. The minimum atomic E-state index is -0.902.